The van der Waals surface area contributed by atoms with E-state index in [2.05, 4.69) is 6.58 Å². The van der Waals surface area contributed by atoms with Crippen LogP contribution in [0.15, 0.2) is 31.1 Å². The Hall–Kier alpha value is -1.02. The number of rotatable bonds is 3. The highest BCUT2D eigenvalue weighted by molar-refractivity contribution is 5.41. The predicted octanol–water partition coefficient (Wildman–Crippen LogP) is 1.61. The number of hydrogen-bond acceptors (Lipinski definition) is 1. The fraction of sp³-hybridized carbons (Fsp3) is 0.250. The summed E-state index contributed by atoms with van der Waals surface area (Å²) in [5.74, 6) is 0. The van der Waals surface area contributed by atoms with Crippen molar-refractivity contribution < 1.29 is 4.74 Å². The topological polar surface area (TPSA) is 14.2 Å². The molecule has 0 bridgehead atoms. The molecule has 0 radical (unpaired) electrons. The molecule has 1 aromatic rings. The molecular weight excluding hydrogens is 126 g/mol. The summed E-state index contributed by atoms with van der Waals surface area (Å²) >= 11 is 0. The van der Waals surface area contributed by atoms with Crippen LogP contribution in [-0.2, 0) is 4.74 Å². The molecule has 0 saturated carbocycles. The molecule has 1 aromatic heterocycles. The molecule has 0 aliphatic heterocycles. The lowest BCUT2D eigenvalue weighted by Crippen LogP contribution is -1.98. The zero-order chi connectivity index (χ0) is 7.40. The van der Waals surface area contributed by atoms with Crippen LogP contribution >= 0.6 is 0 Å². The largest absolute Gasteiger partial charge is 0.378 e. The highest BCUT2D eigenvalue weighted by Gasteiger charge is 1.91. The maximum Gasteiger partial charge on any atom is 0.0861 e. The SMILES string of the molecule is C=C(COC)n1cccc1. The second-order valence-electron chi connectivity index (χ2n) is 2.09. The zero-order valence-electron chi connectivity index (χ0n) is 6.08. The third-order valence-electron chi connectivity index (χ3n) is 1.28. The molecule has 0 aromatic carbocycles. The first kappa shape index (κ1) is 7.09. The van der Waals surface area contributed by atoms with Gasteiger partial charge in [-0.1, -0.05) is 6.58 Å². The van der Waals surface area contributed by atoms with E-state index in [0.29, 0.717) is 6.61 Å². The molecule has 54 valence electrons. The Labute approximate surface area is 60.7 Å². The summed E-state index contributed by atoms with van der Waals surface area (Å²) in [6, 6.07) is 3.92. The summed E-state index contributed by atoms with van der Waals surface area (Å²) in [5.41, 5.74) is 0.951. The van der Waals surface area contributed by atoms with Crippen LogP contribution in [0.2, 0.25) is 0 Å². The van der Waals surface area contributed by atoms with Crippen molar-refractivity contribution in [3.05, 3.63) is 31.1 Å². The van der Waals surface area contributed by atoms with Crippen LogP contribution in [0.4, 0.5) is 0 Å². The summed E-state index contributed by atoms with van der Waals surface area (Å²) in [5, 5.41) is 0. The van der Waals surface area contributed by atoms with Crippen LogP contribution in [0.1, 0.15) is 0 Å². The number of methoxy groups -OCH3 is 1. The standard InChI is InChI=1S/C8H11NO/c1-8(7-10-2)9-5-3-4-6-9/h3-6H,1,7H2,2H3. The Morgan fingerprint density at radius 1 is 1.50 bits per heavy atom. The zero-order valence-corrected chi connectivity index (χ0v) is 6.08. The van der Waals surface area contributed by atoms with Crippen molar-refractivity contribution in [1.29, 1.82) is 0 Å². The minimum absolute atomic E-state index is 0.578. The fourth-order valence-electron chi connectivity index (χ4n) is 0.786. The lowest BCUT2D eigenvalue weighted by atomic mass is 10.5. The molecule has 0 amide bonds. The summed E-state index contributed by atoms with van der Waals surface area (Å²) in [6.07, 6.45) is 3.89. The first-order valence-corrected chi connectivity index (χ1v) is 3.14. The van der Waals surface area contributed by atoms with Crippen LogP contribution in [0.5, 0.6) is 0 Å². The van der Waals surface area contributed by atoms with Crippen LogP contribution in [-0.4, -0.2) is 18.3 Å². The van der Waals surface area contributed by atoms with Crippen molar-refractivity contribution in [3.63, 3.8) is 0 Å². The van der Waals surface area contributed by atoms with E-state index >= 15 is 0 Å². The summed E-state index contributed by atoms with van der Waals surface area (Å²) < 4.78 is 6.84. The van der Waals surface area contributed by atoms with Gasteiger partial charge in [-0.3, -0.25) is 0 Å². The third-order valence-corrected chi connectivity index (χ3v) is 1.28. The fourth-order valence-corrected chi connectivity index (χ4v) is 0.786. The average molecular weight is 137 g/mol. The van der Waals surface area contributed by atoms with Crippen LogP contribution in [0, 0.1) is 0 Å². The van der Waals surface area contributed by atoms with Gasteiger partial charge in [0.15, 0.2) is 0 Å². The maximum absolute atomic E-state index is 4.91. The van der Waals surface area contributed by atoms with Crippen molar-refractivity contribution in [2.24, 2.45) is 0 Å². The minimum atomic E-state index is 0.578. The van der Waals surface area contributed by atoms with Gasteiger partial charge in [0.2, 0.25) is 0 Å². The van der Waals surface area contributed by atoms with E-state index in [1.165, 1.54) is 0 Å². The Morgan fingerprint density at radius 3 is 2.60 bits per heavy atom. The molecule has 0 N–H and O–H groups in total. The van der Waals surface area contributed by atoms with Crippen LogP contribution < -0.4 is 0 Å². The molecule has 0 unspecified atom stereocenters. The Morgan fingerprint density at radius 2 is 2.10 bits per heavy atom. The van der Waals surface area contributed by atoms with Gasteiger partial charge in [0.05, 0.1) is 6.61 Å². The smallest absolute Gasteiger partial charge is 0.0861 e. The van der Waals surface area contributed by atoms with Gasteiger partial charge in [-0.15, -0.1) is 0 Å². The number of aromatic nitrogens is 1. The van der Waals surface area contributed by atoms with Crippen LogP contribution in [0.3, 0.4) is 0 Å². The molecule has 0 saturated heterocycles. The van der Waals surface area contributed by atoms with Gasteiger partial charge in [0.25, 0.3) is 0 Å². The van der Waals surface area contributed by atoms with Gasteiger partial charge in [0.1, 0.15) is 0 Å². The maximum atomic E-state index is 4.91. The highest BCUT2D eigenvalue weighted by atomic mass is 16.5. The van der Waals surface area contributed by atoms with Crippen molar-refractivity contribution in [2.75, 3.05) is 13.7 Å². The number of ether oxygens (including phenoxy) is 1. The Bertz CT molecular complexity index is 201. The van der Waals surface area contributed by atoms with Gasteiger partial charge in [-0.2, -0.15) is 0 Å². The quantitative estimate of drug-likeness (QED) is 0.617. The predicted molar refractivity (Wildman–Crippen MR) is 41.6 cm³/mol. The van der Waals surface area contributed by atoms with E-state index in [4.69, 9.17) is 4.74 Å². The lowest BCUT2D eigenvalue weighted by Gasteiger charge is -2.03. The van der Waals surface area contributed by atoms with Crippen molar-refractivity contribution in [1.82, 2.24) is 4.57 Å². The van der Waals surface area contributed by atoms with Gasteiger partial charge in [-0.05, 0) is 12.1 Å². The van der Waals surface area contributed by atoms with Gasteiger partial charge in [0, 0.05) is 25.2 Å². The van der Waals surface area contributed by atoms with Gasteiger partial charge in [-0.25, -0.2) is 0 Å². The minimum Gasteiger partial charge on any atom is -0.378 e. The third kappa shape index (κ3) is 1.48. The first-order valence-electron chi connectivity index (χ1n) is 3.14. The van der Waals surface area contributed by atoms with Gasteiger partial charge < -0.3 is 9.30 Å². The molecular formula is C8H11NO. The molecule has 2 nitrogen and oxygen atoms in total. The molecule has 0 aliphatic rings. The summed E-state index contributed by atoms with van der Waals surface area (Å²) in [6.45, 7) is 4.40. The van der Waals surface area contributed by atoms with Crippen molar-refractivity contribution in [2.45, 2.75) is 0 Å². The monoisotopic (exact) mass is 137 g/mol. The Balaban J connectivity index is 2.59. The second kappa shape index (κ2) is 3.22. The highest BCUT2D eigenvalue weighted by Crippen LogP contribution is 2.00. The lowest BCUT2D eigenvalue weighted by molar-refractivity contribution is 0.236. The van der Waals surface area contributed by atoms with E-state index in [9.17, 15) is 0 Å². The van der Waals surface area contributed by atoms with E-state index in [0.717, 1.165) is 5.70 Å². The molecule has 0 spiro atoms. The van der Waals surface area contributed by atoms with E-state index in [-0.39, 0.29) is 0 Å². The second-order valence-corrected chi connectivity index (χ2v) is 2.09. The average Bonchev–Trinajstić information content (AvgIpc) is 2.38. The summed E-state index contributed by atoms with van der Waals surface area (Å²) in [4.78, 5) is 0. The number of nitrogens with zero attached hydrogens (tertiary/aromatic N) is 1. The molecule has 1 rings (SSSR count). The molecule has 1 heterocycles. The normalized spacial score (nSPS) is 9.70. The number of hydrogen-bond donors (Lipinski definition) is 0. The van der Waals surface area contributed by atoms with Crippen LogP contribution in [0.25, 0.3) is 5.70 Å². The molecule has 0 atom stereocenters. The first-order chi connectivity index (χ1) is 4.84. The molecule has 0 fully saturated rings. The Kier molecular flexibility index (Phi) is 2.29. The van der Waals surface area contributed by atoms with Crippen molar-refractivity contribution >= 4 is 5.70 Å². The van der Waals surface area contributed by atoms with E-state index in [1.807, 2.05) is 29.1 Å². The van der Waals surface area contributed by atoms with Crippen molar-refractivity contribution in [3.8, 4) is 0 Å². The molecule has 10 heavy (non-hydrogen) atoms. The van der Waals surface area contributed by atoms with E-state index in [1.54, 1.807) is 7.11 Å². The van der Waals surface area contributed by atoms with E-state index < -0.39 is 0 Å². The molecule has 0 aliphatic carbocycles. The summed E-state index contributed by atoms with van der Waals surface area (Å²) in [7, 11) is 1.66. The van der Waals surface area contributed by atoms with Gasteiger partial charge >= 0.3 is 0 Å². The molecule has 2 heteroatoms.